The van der Waals surface area contributed by atoms with Gasteiger partial charge in [0.05, 0.1) is 6.04 Å². The second-order valence-electron chi connectivity index (χ2n) is 4.45. The summed E-state index contributed by atoms with van der Waals surface area (Å²) in [7, 11) is 0. The lowest BCUT2D eigenvalue weighted by atomic mass is 10.1. The first-order valence-electron chi connectivity index (χ1n) is 6.42. The molecule has 0 spiro atoms. The Morgan fingerprint density at radius 3 is 3.00 bits per heavy atom. The van der Waals surface area contributed by atoms with E-state index in [-0.39, 0.29) is 11.9 Å². The van der Waals surface area contributed by atoms with Crippen LogP contribution in [0.5, 0.6) is 0 Å². The van der Waals surface area contributed by atoms with Crippen LogP contribution >= 0.6 is 0 Å². The number of carbonyl (C=O) groups is 1. The van der Waals surface area contributed by atoms with Gasteiger partial charge in [0, 0.05) is 37.8 Å². The molecule has 5 heteroatoms. The van der Waals surface area contributed by atoms with E-state index in [4.69, 9.17) is 0 Å². The summed E-state index contributed by atoms with van der Waals surface area (Å²) in [6, 6.07) is 5.70. The first-order chi connectivity index (χ1) is 9.25. The molecule has 2 rings (SSSR count). The summed E-state index contributed by atoms with van der Waals surface area (Å²) < 4.78 is 1.83. The van der Waals surface area contributed by atoms with E-state index in [1.54, 1.807) is 18.6 Å². The predicted octanol–water partition coefficient (Wildman–Crippen LogP) is 1.94. The van der Waals surface area contributed by atoms with E-state index in [0.29, 0.717) is 6.42 Å². The van der Waals surface area contributed by atoms with E-state index in [0.717, 1.165) is 18.5 Å². The standard InChI is InChI=1S/C14H18N4O/c1-12(13-5-2-7-15-11-13)17-14(19)6-3-9-18-10-4-8-16-18/h2,4-5,7-8,10-12H,3,6,9H2,1H3,(H,17,19)/t12-/m0/s1. The number of amides is 1. The zero-order valence-electron chi connectivity index (χ0n) is 11.0. The molecule has 2 aromatic rings. The van der Waals surface area contributed by atoms with Gasteiger partial charge >= 0.3 is 0 Å². The van der Waals surface area contributed by atoms with Crippen LogP contribution in [0.3, 0.4) is 0 Å². The minimum absolute atomic E-state index is 0.00842. The third kappa shape index (κ3) is 4.21. The summed E-state index contributed by atoms with van der Waals surface area (Å²) in [5.74, 6) is 0.0588. The third-order valence-corrected chi connectivity index (χ3v) is 2.91. The second-order valence-corrected chi connectivity index (χ2v) is 4.45. The summed E-state index contributed by atoms with van der Waals surface area (Å²) in [5.41, 5.74) is 1.02. The highest BCUT2D eigenvalue weighted by Crippen LogP contribution is 2.10. The third-order valence-electron chi connectivity index (χ3n) is 2.91. The van der Waals surface area contributed by atoms with Gasteiger partial charge in [0.15, 0.2) is 0 Å². The Labute approximate surface area is 112 Å². The van der Waals surface area contributed by atoms with Crippen LogP contribution in [0.15, 0.2) is 43.0 Å². The Kier molecular flexibility index (Phi) is 4.66. The van der Waals surface area contributed by atoms with Gasteiger partial charge in [0.25, 0.3) is 0 Å². The van der Waals surface area contributed by atoms with Crippen LogP contribution in [0, 0.1) is 0 Å². The van der Waals surface area contributed by atoms with E-state index in [1.807, 2.05) is 36.0 Å². The molecular formula is C14H18N4O. The molecule has 2 heterocycles. The summed E-state index contributed by atoms with van der Waals surface area (Å²) in [5, 5.41) is 7.07. The topological polar surface area (TPSA) is 59.8 Å². The molecule has 0 fully saturated rings. The van der Waals surface area contributed by atoms with Crippen molar-refractivity contribution in [2.24, 2.45) is 0 Å². The van der Waals surface area contributed by atoms with Crippen LogP contribution in [0.25, 0.3) is 0 Å². The first kappa shape index (κ1) is 13.3. The molecule has 0 aromatic carbocycles. The van der Waals surface area contributed by atoms with Crippen molar-refractivity contribution in [1.82, 2.24) is 20.1 Å². The molecule has 0 aliphatic heterocycles. The van der Waals surface area contributed by atoms with E-state index in [1.165, 1.54) is 0 Å². The van der Waals surface area contributed by atoms with E-state index < -0.39 is 0 Å². The van der Waals surface area contributed by atoms with Crippen molar-refractivity contribution in [1.29, 1.82) is 0 Å². The Hall–Kier alpha value is -2.17. The number of nitrogens with zero attached hydrogens (tertiary/aromatic N) is 3. The summed E-state index contributed by atoms with van der Waals surface area (Å²) in [6.07, 6.45) is 8.43. The predicted molar refractivity (Wildman–Crippen MR) is 72.3 cm³/mol. The quantitative estimate of drug-likeness (QED) is 0.861. The molecule has 1 amide bonds. The monoisotopic (exact) mass is 258 g/mol. The van der Waals surface area contributed by atoms with Gasteiger partial charge in [-0.25, -0.2) is 0 Å². The smallest absolute Gasteiger partial charge is 0.220 e. The summed E-state index contributed by atoms with van der Waals surface area (Å²) in [6.45, 7) is 2.73. The summed E-state index contributed by atoms with van der Waals surface area (Å²) >= 11 is 0. The zero-order valence-corrected chi connectivity index (χ0v) is 11.0. The SMILES string of the molecule is C[C@H](NC(=O)CCCn1cccn1)c1cccnc1. The highest BCUT2D eigenvalue weighted by atomic mass is 16.1. The van der Waals surface area contributed by atoms with Crippen molar-refractivity contribution in [3.05, 3.63) is 48.5 Å². The molecular weight excluding hydrogens is 240 g/mol. The molecule has 1 N–H and O–H groups in total. The molecule has 0 bridgehead atoms. The number of hydrogen-bond acceptors (Lipinski definition) is 3. The maximum atomic E-state index is 11.8. The van der Waals surface area contributed by atoms with Crippen LogP contribution in [0.2, 0.25) is 0 Å². The van der Waals surface area contributed by atoms with E-state index in [2.05, 4.69) is 15.4 Å². The number of aryl methyl sites for hydroxylation is 1. The van der Waals surface area contributed by atoms with Gasteiger partial charge in [-0.1, -0.05) is 6.07 Å². The molecule has 0 aliphatic rings. The van der Waals surface area contributed by atoms with Crippen molar-refractivity contribution >= 4 is 5.91 Å². The molecule has 0 saturated carbocycles. The van der Waals surface area contributed by atoms with E-state index in [9.17, 15) is 4.79 Å². The largest absolute Gasteiger partial charge is 0.350 e. The minimum Gasteiger partial charge on any atom is -0.350 e. The number of rotatable bonds is 6. The average Bonchev–Trinajstić information content (AvgIpc) is 2.93. The zero-order chi connectivity index (χ0) is 13.5. The van der Waals surface area contributed by atoms with Gasteiger partial charge in [-0.3, -0.25) is 14.5 Å². The van der Waals surface area contributed by atoms with Crippen molar-refractivity contribution in [3.63, 3.8) is 0 Å². The van der Waals surface area contributed by atoms with Gasteiger partial charge in [0.1, 0.15) is 0 Å². The Balaban J connectivity index is 1.72. The lowest BCUT2D eigenvalue weighted by molar-refractivity contribution is -0.121. The number of aromatic nitrogens is 3. The minimum atomic E-state index is -0.00842. The maximum absolute atomic E-state index is 11.8. The van der Waals surface area contributed by atoms with Crippen LogP contribution < -0.4 is 5.32 Å². The molecule has 0 aliphatic carbocycles. The van der Waals surface area contributed by atoms with Crippen molar-refractivity contribution in [2.45, 2.75) is 32.4 Å². The van der Waals surface area contributed by atoms with E-state index >= 15 is 0 Å². The van der Waals surface area contributed by atoms with Crippen molar-refractivity contribution in [3.8, 4) is 0 Å². The fourth-order valence-corrected chi connectivity index (χ4v) is 1.86. The molecule has 0 saturated heterocycles. The highest BCUT2D eigenvalue weighted by Gasteiger charge is 2.09. The van der Waals surface area contributed by atoms with Gasteiger partial charge < -0.3 is 5.32 Å². The number of hydrogen-bond donors (Lipinski definition) is 1. The number of nitrogens with one attached hydrogen (secondary N) is 1. The normalized spacial score (nSPS) is 12.1. The Bertz CT molecular complexity index is 495. The Morgan fingerprint density at radius 1 is 1.42 bits per heavy atom. The molecule has 1 atom stereocenters. The van der Waals surface area contributed by atoms with Crippen LogP contribution in [0.1, 0.15) is 31.4 Å². The summed E-state index contributed by atoms with van der Waals surface area (Å²) in [4.78, 5) is 15.8. The fourth-order valence-electron chi connectivity index (χ4n) is 1.86. The highest BCUT2D eigenvalue weighted by molar-refractivity contribution is 5.76. The van der Waals surface area contributed by atoms with Crippen molar-refractivity contribution in [2.75, 3.05) is 0 Å². The van der Waals surface area contributed by atoms with Crippen LogP contribution in [-0.4, -0.2) is 20.7 Å². The van der Waals surface area contributed by atoms with Crippen LogP contribution in [-0.2, 0) is 11.3 Å². The van der Waals surface area contributed by atoms with Gasteiger partial charge in [-0.15, -0.1) is 0 Å². The molecule has 0 radical (unpaired) electrons. The molecule has 100 valence electrons. The average molecular weight is 258 g/mol. The number of carbonyl (C=O) groups excluding carboxylic acids is 1. The fraction of sp³-hybridized carbons (Fsp3) is 0.357. The molecule has 5 nitrogen and oxygen atoms in total. The molecule has 19 heavy (non-hydrogen) atoms. The first-order valence-corrected chi connectivity index (χ1v) is 6.42. The van der Waals surface area contributed by atoms with Crippen LogP contribution in [0.4, 0.5) is 0 Å². The maximum Gasteiger partial charge on any atom is 0.220 e. The molecule has 0 unspecified atom stereocenters. The number of pyridine rings is 1. The second kappa shape index (κ2) is 6.68. The lowest BCUT2D eigenvalue weighted by Crippen LogP contribution is -2.26. The van der Waals surface area contributed by atoms with Gasteiger partial charge in [-0.2, -0.15) is 5.10 Å². The Morgan fingerprint density at radius 2 is 2.32 bits per heavy atom. The molecule has 2 aromatic heterocycles. The van der Waals surface area contributed by atoms with Gasteiger partial charge in [0.2, 0.25) is 5.91 Å². The lowest BCUT2D eigenvalue weighted by Gasteiger charge is -2.13. The van der Waals surface area contributed by atoms with Crippen molar-refractivity contribution < 1.29 is 4.79 Å². The van der Waals surface area contributed by atoms with Gasteiger partial charge in [-0.05, 0) is 31.0 Å².